The van der Waals surface area contributed by atoms with Crippen molar-refractivity contribution in [1.29, 1.82) is 0 Å². The summed E-state index contributed by atoms with van der Waals surface area (Å²) in [6, 6.07) is 40.0. The number of allylic oxidation sites excluding steroid dienone is 3. The number of alkyl carbamates (subject to hydrolysis) is 1. The third-order valence-electron chi connectivity index (χ3n) is 20.3. The van der Waals surface area contributed by atoms with Crippen LogP contribution in [-0.4, -0.2) is 197 Å². The Hall–Kier alpha value is -9.85. The van der Waals surface area contributed by atoms with Crippen LogP contribution in [0.1, 0.15) is 106 Å². The number of rotatable bonds is 34. The number of benzene rings is 3. The number of methoxy groups -OCH3 is 2. The van der Waals surface area contributed by atoms with Crippen LogP contribution in [0.2, 0.25) is 5.02 Å². The smallest absolute Gasteiger partial charge is 0.409 e. The van der Waals surface area contributed by atoms with Gasteiger partial charge in [-0.3, -0.25) is 54.2 Å². The van der Waals surface area contributed by atoms with E-state index in [2.05, 4.69) is 68.9 Å². The van der Waals surface area contributed by atoms with Gasteiger partial charge in [0.25, 0.3) is 0 Å². The molecule has 0 saturated carbocycles. The van der Waals surface area contributed by atoms with Gasteiger partial charge in [-0.2, -0.15) is 0 Å². The average Bonchev–Trinajstić information content (AvgIpc) is 1.57. The lowest BCUT2D eigenvalue weighted by Gasteiger charge is -2.42. The number of carbonyl (C=O) groups is 6. The summed E-state index contributed by atoms with van der Waals surface area (Å²) in [5, 5.41) is 26.1. The van der Waals surface area contributed by atoms with Crippen LogP contribution in [0.3, 0.4) is 0 Å². The molecular formula is C83H99ClN14O13S2. The van der Waals surface area contributed by atoms with E-state index in [4.69, 9.17) is 40.0 Å². The first-order valence-corrected chi connectivity index (χ1v) is 40.6. The van der Waals surface area contributed by atoms with Gasteiger partial charge in [-0.1, -0.05) is 112 Å². The number of halogens is 1. The monoisotopic (exact) mass is 1600 g/mol. The summed E-state index contributed by atoms with van der Waals surface area (Å²) >= 11 is 6.91. The van der Waals surface area contributed by atoms with E-state index in [1.54, 1.807) is 79.5 Å². The molecule has 8 aromatic rings. The number of carbonyl (C=O) groups excluding carboxylic acids is 6. The Balaban J connectivity index is 0.720. The second-order valence-electron chi connectivity index (χ2n) is 28.8. The number of ether oxygens (including phenoxy) is 6. The number of nitrogens with zero attached hydrogens (tertiary/aromatic N) is 12. The van der Waals surface area contributed by atoms with Crippen molar-refractivity contribution < 1.29 is 62.3 Å². The minimum Gasteiger partial charge on any atom is -0.495 e. The highest BCUT2D eigenvalue weighted by Gasteiger charge is 2.64. The molecule has 11 rings (SSSR count). The second-order valence-corrected chi connectivity index (χ2v) is 31.9. The van der Waals surface area contributed by atoms with Crippen molar-refractivity contribution in [3.8, 4) is 11.5 Å². The predicted octanol–water partition coefficient (Wildman–Crippen LogP) is 10.9. The molecule has 598 valence electrons. The van der Waals surface area contributed by atoms with Gasteiger partial charge < -0.3 is 53.5 Å². The molecule has 5 amide bonds. The minimum absolute atomic E-state index is 0.0281. The summed E-state index contributed by atoms with van der Waals surface area (Å²) in [6.07, 6.45) is 8.79. The third kappa shape index (κ3) is 23.4. The van der Waals surface area contributed by atoms with Gasteiger partial charge in [0.1, 0.15) is 58.7 Å². The number of pyridine rings is 4. The molecule has 27 nitrogen and oxygen atoms in total. The molecule has 0 radical (unpaired) electrons. The Bertz CT molecular complexity index is 4410. The molecule has 2 saturated heterocycles. The Labute approximate surface area is 671 Å². The number of likely N-dealkylation sites (N-methyl/N-ethyl adjacent to an activating group) is 1. The number of esters is 1. The average molecular weight is 1600 g/mol. The number of unbranched alkanes of at least 4 members (excludes halogenated alkanes) is 1. The highest BCUT2D eigenvalue weighted by Crippen LogP contribution is 2.49. The molecule has 5 aromatic heterocycles. The number of fused-ring (bicyclic) bond motifs is 6. The summed E-state index contributed by atoms with van der Waals surface area (Å²) in [4.78, 5) is 112. The second kappa shape index (κ2) is 40.2. The van der Waals surface area contributed by atoms with E-state index in [-0.39, 0.29) is 68.2 Å². The molecule has 30 heteroatoms. The lowest BCUT2D eigenvalue weighted by molar-refractivity contribution is -0.162. The maximum atomic E-state index is 14.6. The number of aromatic nitrogens is 7. The first-order chi connectivity index (χ1) is 54.5. The molecule has 4 bridgehead atoms. The molecule has 2 fully saturated rings. The maximum absolute atomic E-state index is 14.6. The van der Waals surface area contributed by atoms with Crippen molar-refractivity contribution in [2.45, 2.75) is 160 Å². The van der Waals surface area contributed by atoms with Crippen LogP contribution < -0.4 is 25.0 Å². The van der Waals surface area contributed by atoms with Gasteiger partial charge in [0.15, 0.2) is 5.72 Å². The van der Waals surface area contributed by atoms with Crippen LogP contribution in [0.15, 0.2) is 176 Å². The molecule has 8 atom stereocenters. The number of amides is 5. The van der Waals surface area contributed by atoms with E-state index in [1.165, 1.54) is 59.6 Å². The number of nitrogens with one attached hydrogen (secondary N) is 2. The van der Waals surface area contributed by atoms with Crippen LogP contribution in [0, 0.1) is 5.92 Å². The van der Waals surface area contributed by atoms with Crippen molar-refractivity contribution in [2.75, 3.05) is 64.4 Å². The predicted molar refractivity (Wildman–Crippen MR) is 431 cm³/mol. The topological polar surface area (TPSA) is 304 Å². The highest BCUT2D eigenvalue weighted by atomic mass is 35.5. The van der Waals surface area contributed by atoms with E-state index < -0.39 is 65.7 Å². The zero-order valence-corrected chi connectivity index (χ0v) is 67.4. The third-order valence-corrected chi connectivity index (χ3v) is 23.1. The molecular weight excluding hydrogens is 1500 g/mol. The van der Waals surface area contributed by atoms with Crippen molar-refractivity contribution >= 4 is 85.6 Å². The van der Waals surface area contributed by atoms with E-state index in [9.17, 15) is 33.9 Å². The largest absolute Gasteiger partial charge is 0.495 e. The first-order valence-electron chi connectivity index (χ1n) is 37.8. The van der Waals surface area contributed by atoms with Gasteiger partial charge >= 0.3 is 12.1 Å². The molecule has 3 unspecified atom stereocenters. The van der Waals surface area contributed by atoms with Crippen molar-refractivity contribution in [1.82, 2.24) is 65.2 Å². The van der Waals surface area contributed by atoms with Crippen LogP contribution in [0.25, 0.3) is 11.0 Å². The number of hydrogen-bond acceptors (Lipinski definition) is 23. The van der Waals surface area contributed by atoms with Gasteiger partial charge in [0, 0.05) is 128 Å². The van der Waals surface area contributed by atoms with Gasteiger partial charge in [-0.05, 0) is 142 Å². The quantitative estimate of drug-likeness (QED) is 0.0146. The fourth-order valence-corrected chi connectivity index (χ4v) is 16.2. The van der Waals surface area contributed by atoms with E-state index in [0.717, 1.165) is 50.6 Å². The number of epoxide rings is 1. The summed E-state index contributed by atoms with van der Waals surface area (Å²) in [5.74, 6) is -1.13. The minimum atomic E-state index is -1.89. The van der Waals surface area contributed by atoms with Gasteiger partial charge in [-0.25, -0.2) is 14.3 Å². The number of para-hydroxylation sites is 1. The molecule has 3 aromatic carbocycles. The van der Waals surface area contributed by atoms with Gasteiger partial charge in [0.2, 0.25) is 23.6 Å². The molecule has 3 aliphatic heterocycles. The summed E-state index contributed by atoms with van der Waals surface area (Å²) in [6.45, 7) is 10.8. The zero-order chi connectivity index (χ0) is 80.0. The van der Waals surface area contributed by atoms with Crippen molar-refractivity contribution in [3.05, 3.63) is 220 Å². The molecule has 0 aliphatic carbocycles. The standard InChI is InChI=1S/C83H99ClN14O13S2/c1-56-22-21-29-72(107-8)83(105)47-71(109-81(104)90-83)57(2)79-82(4,111-79)73(46-77(102)94(6)69-44-59(40-56)45-70(106-7)78(69)84)110-80(103)58(3)93(5)75(100)30-38-112-113-39-31-76(101)97(54-74(99)89-55-98-68-28-10-9-27-67(68)91-92-98)36-19-20-37-108-66-42-60(48-95(50-62-23-11-15-32-85-62)51-63-24-12-16-33-86-63)41-61(43-66)49-96(52-64-25-13-17-34-87-64)53-65-26-14-18-35-88-65/h9-18,21-29,32-35,41-45,57-58,71-73,79,105H,19-20,30-31,36-40,46-55H2,1-8H3,(H,89,99)(H,90,104)/b29-21+,56-22+/t57?,58-,71-,72?,73?,79-,82+,83-/m0/s1. The van der Waals surface area contributed by atoms with Crippen molar-refractivity contribution in [2.24, 2.45) is 5.92 Å². The van der Waals surface area contributed by atoms with Crippen molar-refractivity contribution in [3.63, 3.8) is 0 Å². The van der Waals surface area contributed by atoms with Crippen LogP contribution >= 0.6 is 33.2 Å². The molecule has 3 N–H and O–H groups in total. The van der Waals surface area contributed by atoms with E-state index in [0.29, 0.717) is 99.3 Å². The number of anilines is 1. The van der Waals surface area contributed by atoms with E-state index >= 15 is 0 Å². The zero-order valence-electron chi connectivity index (χ0n) is 65.0. The SMILES string of the molecule is COc1cc2cc(c1Cl)N(C)C(=O)CC(OC(=O)[C@H](C)N(C)C(=O)CCSSCCC(=O)N(CCCCOc1cc(CN(Cc3ccccn3)Cc3ccccn3)cc(CN(Cc3ccccn3)Cc3ccccn3)c1)CC(=O)NCn1nnc3ccccc31)[C@@]1(C)O[C@H]1C(C)[C@@H]1C[C@@](O)(NC(=O)O1)C(OC)/C=C/C=C(\C)C2. The summed E-state index contributed by atoms with van der Waals surface area (Å²) in [5.41, 5.74) is 6.01. The van der Waals surface area contributed by atoms with E-state index in [1.807, 2.05) is 110 Å². The maximum Gasteiger partial charge on any atom is 0.409 e. The van der Waals surface area contributed by atoms with Crippen LogP contribution in [0.5, 0.6) is 11.5 Å². The van der Waals surface area contributed by atoms with Gasteiger partial charge in [-0.15, -0.1) is 5.10 Å². The normalized spacial score (nSPS) is 20.8. The Morgan fingerprint density at radius 3 is 1.96 bits per heavy atom. The number of aliphatic hydroxyl groups is 1. The summed E-state index contributed by atoms with van der Waals surface area (Å²) < 4.78 is 38.1. The van der Waals surface area contributed by atoms with Crippen LogP contribution in [0.4, 0.5) is 10.5 Å². The Morgan fingerprint density at radius 1 is 0.788 bits per heavy atom. The number of hydrogen-bond donors (Lipinski definition) is 3. The Morgan fingerprint density at radius 2 is 1.38 bits per heavy atom. The molecule has 0 spiro atoms. The lowest BCUT2D eigenvalue weighted by Crippen LogP contribution is -2.63. The summed E-state index contributed by atoms with van der Waals surface area (Å²) in [7, 11) is 8.78. The molecule has 8 heterocycles. The lowest BCUT2D eigenvalue weighted by atomic mass is 9.83. The molecule has 3 aliphatic rings. The Kier molecular flexibility index (Phi) is 29.9. The fraction of sp³-hybridized carbons (Fsp3) is 0.422. The van der Waals surface area contributed by atoms with Gasteiger partial charge in [0.05, 0.1) is 66.8 Å². The highest BCUT2D eigenvalue weighted by molar-refractivity contribution is 8.76. The molecule has 113 heavy (non-hydrogen) atoms. The van der Waals surface area contributed by atoms with Crippen LogP contribution in [-0.2, 0) is 95.3 Å². The fourth-order valence-electron chi connectivity index (χ4n) is 14.0. The first kappa shape index (κ1) is 84.1.